The number of carbonyl (C=O) groups is 1. The lowest BCUT2D eigenvalue weighted by atomic mass is 9.93. The molecule has 1 aliphatic heterocycles. The monoisotopic (exact) mass is 385 g/mol. The summed E-state index contributed by atoms with van der Waals surface area (Å²) in [6.07, 6.45) is 2.62. The van der Waals surface area contributed by atoms with Gasteiger partial charge in [0.1, 0.15) is 5.76 Å². The number of furan rings is 1. The Balaban J connectivity index is 1.38. The molecular formula is C20H20ClN3O3. The van der Waals surface area contributed by atoms with E-state index >= 15 is 0 Å². The third kappa shape index (κ3) is 3.90. The number of piperidine rings is 1. The molecule has 0 radical (unpaired) electrons. The molecule has 6 nitrogen and oxygen atoms in total. The Morgan fingerprint density at radius 1 is 1.22 bits per heavy atom. The molecule has 1 saturated heterocycles. The maximum atomic E-state index is 12.8. The molecule has 1 fully saturated rings. The standard InChI is InChI=1S/C20H20ClN3O3/c1-13-22-19(23-27-13)12-14-8-10-24(11-9-14)20(25)18-7-6-17(26-18)15-4-2-3-5-16(15)21/h2-7,14H,8-12H2,1H3. The molecule has 0 N–H and O–H groups in total. The van der Waals surface area contributed by atoms with Gasteiger partial charge in [-0.2, -0.15) is 4.98 Å². The Morgan fingerprint density at radius 2 is 2.00 bits per heavy atom. The average Bonchev–Trinajstić information content (AvgIpc) is 3.31. The molecule has 0 aliphatic carbocycles. The Bertz CT molecular complexity index is 941. The van der Waals surface area contributed by atoms with Gasteiger partial charge in [-0.3, -0.25) is 4.79 Å². The van der Waals surface area contributed by atoms with E-state index in [1.165, 1.54) is 0 Å². The maximum Gasteiger partial charge on any atom is 0.289 e. The molecule has 27 heavy (non-hydrogen) atoms. The van der Waals surface area contributed by atoms with Gasteiger partial charge in [-0.15, -0.1) is 0 Å². The van der Waals surface area contributed by atoms with Crippen LogP contribution in [0, 0.1) is 12.8 Å². The molecule has 0 bridgehead atoms. The highest BCUT2D eigenvalue weighted by atomic mass is 35.5. The highest BCUT2D eigenvalue weighted by Gasteiger charge is 2.26. The Hall–Kier alpha value is -2.60. The van der Waals surface area contributed by atoms with Gasteiger partial charge >= 0.3 is 0 Å². The van der Waals surface area contributed by atoms with Crippen LogP contribution in [-0.4, -0.2) is 34.0 Å². The minimum absolute atomic E-state index is 0.0813. The zero-order valence-corrected chi connectivity index (χ0v) is 15.8. The highest BCUT2D eigenvalue weighted by Crippen LogP contribution is 2.30. The third-order valence-corrected chi connectivity index (χ3v) is 5.23. The first-order valence-corrected chi connectivity index (χ1v) is 9.41. The fourth-order valence-electron chi connectivity index (χ4n) is 3.44. The fraction of sp³-hybridized carbons (Fsp3) is 0.350. The number of halogens is 1. The summed E-state index contributed by atoms with van der Waals surface area (Å²) < 4.78 is 10.8. The average molecular weight is 386 g/mol. The normalized spacial score (nSPS) is 15.3. The van der Waals surface area contributed by atoms with Crippen LogP contribution in [0.3, 0.4) is 0 Å². The van der Waals surface area contributed by atoms with E-state index in [0.29, 0.717) is 41.4 Å². The summed E-state index contributed by atoms with van der Waals surface area (Å²) in [5.74, 6) is 2.66. The van der Waals surface area contributed by atoms with E-state index in [-0.39, 0.29) is 5.91 Å². The first-order valence-electron chi connectivity index (χ1n) is 9.03. The van der Waals surface area contributed by atoms with E-state index in [1.54, 1.807) is 25.1 Å². The molecule has 2 aromatic heterocycles. The van der Waals surface area contributed by atoms with E-state index in [9.17, 15) is 4.79 Å². The van der Waals surface area contributed by atoms with Crippen molar-refractivity contribution in [3.8, 4) is 11.3 Å². The first kappa shape index (κ1) is 17.8. The summed E-state index contributed by atoms with van der Waals surface area (Å²) in [5, 5.41) is 4.56. The molecule has 0 unspecified atom stereocenters. The van der Waals surface area contributed by atoms with Crippen LogP contribution in [-0.2, 0) is 6.42 Å². The topological polar surface area (TPSA) is 72.4 Å². The molecule has 1 aromatic carbocycles. The zero-order valence-electron chi connectivity index (χ0n) is 15.0. The Morgan fingerprint density at radius 3 is 2.70 bits per heavy atom. The smallest absolute Gasteiger partial charge is 0.289 e. The molecule has 0 saturated carbocycles. The molecule has 3 aromatic rings. The van der Waals surface area contributed by atoms with E-state index < -0.39 is 0 Å². The Kier molecular flexibility index (Phi) is 4.99. The van der Waals surface area contributed by atoms with E-state index in [4.69, 9.17) is 20.5 Å². The van der Waals surface area contributed by atoms with Crippen molar-refractivity contribution in [3.05, 3.63) is 58.9 Å². The minimum atomic E-state index is -0.0813. The number of amides is 1. The number of carbonyl (C=O) groups excluding carboxylic acids is 1. The van der Waals surface area contributed by atoms with Gasteiger partial charge in [-0.1, -0.05) is 28.9 Å². The molecule has 1 amide bonds. The van der Waals surface area contributed by atoms with Gasteiger partial charge < -0.3 is 13.8 Å². The van der Waals surface area contributed by atoms with Crippen LogP contribution in [0.25, 0.3) is 11.3 Å². The van der Waals surface area contributed by atoms with Gasteiger partial charge in [-0.25, -0.2) is 0 Å². The van der Waals surface area contributed by atoms with E-state index in [1.807, 2.05) is 23.1 Å². The fourth-order valence-corrected chi connectivity index (χ4v) is 3.67. The predicted molar refractivity (Wildman–Crippen MR) is 101 cm³/mol. The third-order valence-electron chi connectivity index (χ3n) is 4.90. The number of aryl methyl sites for hydroxylation is 1. The van der Waals surface area contributed by atoms with Crippen molar-refractivity contribution >= 4 is 17.5 Å². The summed E-state index contributed by atoms with van der Waals surface area (Å²) in [6, 6.07) is 10.9. The molecule has 3 heterocycles. The van der Waals surface area contributed by atoms with E-state index in [0.717, 1.165) is 30.7 Å². The highest BCUT2D eigenvalue weighted by molar-refractivity contribution is 6.33. The first-order chi connectivity index (χ1) is 13.1. The van der Waals surface area contributed by atoms with Crippen molar-refractivity contribution in [2.24, 2.45) is 5.92 Å². The SMILES string of the molecule is Cc1nc(CC2CCN(C(=O)c3ccc(-c4ccccc4Cl)o3)CC2)no1. The number of nitrogens with zero attached hydrogens (tertiary/aromatic N) is 3. The quantitative estimate of drug-likeness (QED) is 0.666. The van der Waals surface area contributed by atoms with Crippen molar-refractivity contribution in [3.63, 3.8) is 0 Å². The molecular weight excluding hydrogens is 366 g/mol. The van der Waals surface area contributed by atoms with Crippen LogP contribution in [0.2, 0.25) is 5.02 Å². The summed E-state index contributed by atoms with van der Waals surface area (Å²) in [4.78, 5) is 18.9. The lowest BCUT2D eigenvalue weighted by molar-refractivity contribution is 0.0658. The van der Waals surface area contributed by atoms with Gasteiger partial charge in [0.2, 0.25) is 5.89 Å². The largest absolute Gasteiger partial charge is 0.451 e. The van der Waals surface area contributed by atoms with Gasteiger partial charge in [0.25, 0.3) is 5.91 Å². The van der Waals surface area contributed by atoms with E-state index in [2.05, 4.69) is 10.1 Å². The van der Waals surface area contributed by atoms with Crippen LogP contribution >= 0.6 is 11.6 Å². The van der Waals surface area contributed by atoms with Gasteiger partial charge in [-0.05, 0) is 43.0 Å². The maximum absolute atomic E-state index is 12.8. The zero-order chi connectivity index (χ0) is 18.8. The number of rotatable bonds is 4. The molecule has 0 spiro atoms. The summed E-state index contributed by atoms with van der Waals surface area (Å²) >= 11 is 6.21. The minimum Gasteiger partial charge on any atom is -0.451 e. The summed E-state index contributed by atoms with van der Waals surface area (Å²) in [6.45, 7) is 3.18. The second kappa shape index (κ2) is 7.56. The number of likely N-dealkylation sites (tertiary alicyclic amines) is 1. The van der Waals surface area contributed by atoms with Crippen LogP contribution in [0.4, 0.5) is 0 Å². The number of hydrogen-bond donors (Lipinski definition) is 0. The van der Waals surface area contributed by atoms with Crippen LogP contribution in [0.1, 0.15) is 35.1 Å². The molecule has 4 rings (SSSR count). The predicted octanol–water partition coefficient (Wildman–Crippen LogP) is 4.39. The van der Waals surface area contributed by atoms with Crippen molar-refractivity contribution in [2.75, 3.05) is 13.1 Å². The lowest BCUT2D eigenvalue weighted by Gasteiger charge is -2.30. The van der Waals surface area contributed by atoms with Gasteiger partial charge in [0.05, 0.1) is 5.02 Å². The number of benzene rings is 1. The van der Waals surface area contributed by atoms with Crippen molar-refractivity contribution in [1.29, 1.82) is 0 Å². The Labute approximate surface area is 162 Å². The van der Waals surface area contributed by atoms with Crippen LogP contribution in [0.15, 0.2) is 45.3 Å². The number of hydrogen-bond acceptors (Lipinski definition) is 5. The van der Waals surface area contributed by atoms with Crippen molar-refractivity contribution < 1.29 is 13.7 Å². The summed E-state index contributed by atoms with van der Waals surface area (Å²) in [7, 11) is 0. The van der Waals surface area contributed by atoms with Gasteiger partial charge in [0.15, 0.2) is 11.6 Å². The van der Waals surface area contributed by atoms with Crippen molar-refractivity contribution in [2.45, 2.75) is 26.2 Å². The summed E-state index contributed by atoms with van der Waals surface area (Å²) in [5.41, 5.74) is 0.785. The van der Waals surface area contributed by atoms with Gasteiger partial charge in [0, 0.05) is 32.0 Å². The molecule has 1 aliphatic rings. The van der Waals surface area contributed by atoms with Crippen LogP contribution < -0.4 is 0 Å². The number of aromatic nitrogens is 2. The lowest BCUT2D eigenvalue weighted by Crippen LogP contribution is -2.38. The molecule has 0 atom stereocenters. The van der Waals surface area contributed by atoms with Crippen molar-refractivity contribution in [1.82, 2.24) is 15.0 Å². The molecule has 7 heteroatoms. The van der Waals surface area contributed by atoms with Crippen LogP contribution in [0.5, 0.6) is 0 Å². The second-order valence-corrected chi connectivity index (χ2v) is 7.22. The second-order valence-electron chi connectivity index (χ2n) is 6.81. The molecule has 140 valence electrons.